The summed E-state index contributed by atoms with van der Waals surface area (Å²) in [6.07, 6.45) is 7.44. The van der Waals surface area contributed by atoms with Crippen molar-refractivity contribution in [3.05, 3.63) is 35.6 Å². The number of Topliss-reactive ketones (excluding diaryl/α,β-unsaturated/α-hetero) is 1. The van der Waals surface area contributed by atoms with E-state index in [4.69, 9.17) is 0 Å². The monoisotopic (exact) mass is 556 g/mol. The molecule has 1 aromatic rings. The molecule has 0 radical (unpaired) electrons. The molecule has 1 aliphatic carbocycles. The highest BCUT2D eigenvalue weighted by Crippen LogP contribution is 2.46. The summed E-state index contributed by atoms with van der Waals surface area (Å²) < 4.78 is 13.6. The number of halogens is 1. The molecule has 2 saturated heterocycles. The van der Waals surface area contributed by atoms with Crippen molar-refractivity contribution < 1.29 is 18.8 Å². The van der Waals surface area contributed by atoms with Gasteiger partial charge in [0.05, 0.1) is 0 Å². The average Bonchev–Trinajstić information content (AvgIpc) is 2.94. The highest BCUT2D eigenvalue weighted by Gasteiger charge is 2.46. The molecule has 2 aliphatic heterocycles. The molecule has 1 saturated carbocycles. The fraction of sp³-hybridized carbons (Fsp3) is 0.719. The predicted octanol–water partition coefficient (Wildman–Crippen LogP) is 3.90. The standard InChI is InChI=1S/C32H49FN4O3/c1-22(2)28-20-35(4)21-29(36(28)5)30(39)34-27(19-24-11-13-26(33)14-12-24)31(40)37-17-15-32(16-18-37,23(3)38)25-9-7-6-8-10-25/h11-14,22,25,27-29H,6-10,15-21H2,1-5H3,(H,34,39)/t27-,28?,29-/m1/s1. The van der Waals surface area contributed by atoms with E-state index in [1.165, 1.54) is 31.4 Å². The molecule has 3 atom stereocenters. The van der Waals surface area contributed by atoms with Crippen LogP contribution in [0.15, 0.2) is 24.3 Å². The van der Waals surface area contributed by atoms with Crippen LogP contribution in [0.25, 0.3) is 0 Å². The maximum atomic E-state index is 14.0. The number of hydrogen-bond acceptors (Lipinski definition) is 5. The van der Waals surface area contributed by atoms with E-state index >= 15 is 0 Å². The van der Waals surface area contributed by atoms with Crippen LogP contribution in [0, 0.1) is 23.1 Å². The van der Waals surface area contributed by atoms with Gasteiger partial charge in [-0.25, -0.2) is 4.39 Å². The lowest BCUT2D eigenvalue weighted by molar-refractivity contribution is -0.145. The zero-order valence-corrected chi connectivity index (χ0v) is 25.1. The van der Waals surface area contributed by atoms with E-state index in [9.17, 15) is 18.8 Å². The quantitative estimate of drug-likeness (QED) is 0.526. The fourth-order valence-electron chi connectivity index (χ4n) is 7.50. The van der Waals surface area contributed by atoms with Crippen molar-refractivity contribution in [3.63, 3.8) is 0 Å². The molecule has 0 bridgehead atoms. The van der Waals surface area contributed by atoms with E-state index in [0.29, 0.717) is 50.7 Å². The van der Waals surface area contributed by atoms with Crippen LogP contribution >= 0.6 is 0 Å². The molecule has 0 spiro atoms. The first-order valence-corrected chi connectivity index (χ1v) is 15.3. The van der Waals surface area contributed by atoms with Crippen LogP contribution in [0.5, 0.6) is 0 Å². The third kappa shape index (κ3) is 6.76. The van der Waals surface area contributed by atoms with Crippen molar-refractivity contribution in [3.8, 4) is 0 Å². The van der Waals surface area contributed by atoms with Crippen LogP contribution < -0.4 is 5.32 Å². The van der Waals surface area contributed by atoms with Gasteiger partial charge in [-0.1, -0.05) is 45.2 Å². The maximum absolute atomic E-state index is 14.0. The van der Waals surface area contributed by atoms with Crippen molar-refractivity contribution >= 4 is 17.6 Å². The van der Waals surface area contributed by atoms with Crippen LogP contribution in [0.3, 0.4) is 0 Å². The first-order chi connectivity index (χ1) is 19.0. The Morgan fingerprint density at radius 2 is 1.62 bits per heavy atom. The predicted molar refractivity (Wildman–Crippen MR) is 155 cm³/mol. The third-order valence-electron chi connectivity index (χ3n) is 10.1. The molecule has 0 aromatic heterocycles. The molecule has 3 aliphatic rings. The second kappa shape index (κ2) is 13.1. The fourth-order valence-corrected chi connectivity index (χ4v) is 7.50. The lowest BCUT2D eigenvalue weighted by Gasteiger charge is -2.47. The molecule has 2 amide bonds. The molecule has 7 nitrogen and oxygen atoms in total. The lowest BCUT2D eigenvalue weighted by Crippen LogP contribution is -2.64. The zero-order valence-electron chi connectivity index (χ0n) is 25.1. The van der Waals surface area contributed by atoms with Crippen LogP contribution in [0.1, 0.15) is 71.3 Å². The van der Waals surface area contributed by atoms with Gasteiger partial charge in [0, 0.05) is 44.1 Å². The molecule has 1 N–H and O–H groups in total. The molecule has 1 unspecified atom stereocenters. The summed E-state index contributed by atoms with van der Waals surface area (Å²) in [6, 6.07) is 5.25. The molecular weight excluding hydrogens is 507 g/mol. The Hall–Kier alpha value is -2.32. The molecule has 1 aromatic carbocycles. The van der Waals surface area contributed by atoms with E-state index < -0.39 is 6.04 Å². The van der Waals surface area contributed by atoms with Gasteiger partial charge < -0.3 is 15.1 Å². The number of likely N-dealkylation sites (tertiary alicyclic amines) is 1. The van der Waals surface area contributed by atoms with Gasteiger partial charge in [0.15, 0.2) is 0 Å². The number of ketones is 1. The molecular formula is C32H49FN4O3. The minimum atomic E-state index is -0.754. The summed E-state index contributed by atoms with van der Waals surface area (Å²) in [6.45, 7) is 8.59. The number of amides is 2. The van der Waals surface area contributed by atoms with Crippen molar-refractivity contribution in [1.29, 1.82) is 0 Å². The summed E-state index contributed by atoms with van der Waals surface area (Å²) in [5.74, 6) is 0.439. The number of carbonyl (C=O) groups is 3. The zero-order chi connectivity index (χ0) is 29.0. The minimum absolute atomic E-state index is 0.120. The molecule has 4 rings (SSSR count). The first kappa shape index (κ1) is 30.6. The van der Waals surface area contributed by atoms with Gasteiger partial charge in [-0.05, 0) is 76.2 Å². The van der Waals surface area contributed by atoms with Crippen molar-refractivity contribution in [1.82, 2.24) is 20.0 Å². The normalized spacial score (nSPS) is 25.5. The molecule has 222 valence electrons. The molecule has 3 fully saturated rings. The van der Waals surface area contributed by atoms with Crippen LogP contribution in [-0.2, 0) is 20.8 Å². The van der Waals surface area contributed by atoms with E-state index in [1.54, 1.807) is 19.1 Å². The number of nitrogens with one attached hydrogen (secondary N) is 1. The van der Waals surface area contributed by atoms with E-state index in [-0.39, 0.29) is 40.9 Å². The van der Waals surface area contributed by atoms with Crippen molar-refractivity contribution in [2.45, 2.75) is 90.3 Å². The first-order valence-electron chi connectivity index (χ1n) is 15.3. The van der Waals surface area contributed by atoms with Crippen molar-refractivity contribution in [2.24, 2.45) is 17.3 Å². The van der Waals surface area contributed by atoms with Gasteiger partial charge in [-0.3, -0.25) is 19.3 Å². The summed E-state index contributed by atoms with van der Waals surface area (Å²) in [7, 11) is 4.03. The Morgan fingerprint density at radius 1 is 1.00 bits per heavy atom. The maximum Gasteiger partial charge on any atom is 0.245 e. The molecule has 2 heterocycles. The largest absolute Gasteiger partial charge is 0.343 e. The SMILES string of the molecule is CC(=O)C1(C2CCCCC2)CCN(C(=O)[C@@H](Cc2ccc(F)cc2)NC(=O)[C@H]2CN(C)CC(C(C)C)N2C)CC1. The number of piperidine rings is 1. The number of rotatable bonds is 8. The van der Waals surface area contributed by atoms with E-state index in [0.717, 1.165) is 24.9 Å². The highest BCUT2D eigenvalue weighted by molar-refractivity contribution is 5.90. The Morgan fingerprint density at radius 3 is 2.20 bits per heavy atom. The number of benzene rings is 1. The number of piperazine rings is 1. The molecule has 40 heavy (non-hydrogen) atoms. The highest BCUT2D eigenvalue weighted by atomic mass is 19.1. The second-order valence-corrected chi connectivity index (χ2v) is 13.0. The van der Waals surface area contributed by atoms with E-state index in [2.05, 4.69) is 29.0 Å². The Labute approximate surface area is 239 Å². The number of hydrogen-bond donors (Lipinski definition) is 1. The smallest absolute Gasteiger partial charge is 0.245 e. The van der Waals surface area contributed by atoms with E-state index in [1.807, 2.05) is 19.0 Å². The second-order valence-electron chi connectivity index (χ2n) is 13.0. The average molecular weight is 557 g/mol. The van der Waals surface area contributed by atoms with Crippen LogP contribution in [0.4, 0.5) is 4.39 Å². The Balaban J connectivity index is 1.50. The van der Waals surface area contributed by atoms with Crippen molar-refractivity contribution in [2.75, 3.05) is 40.3 Å². The van der Waals surface area contributed by atoms with Gasteiger partial charge in [0.25, 0.3) is 0 Å². The number of carbonyl (C=O) groups excluding carboxylic acids is 3. The van der Waals surface area contributed by atoms with Gasteiger partial charge in [-0.15, -0.1) is 0 Å². The topological polar surface area (TPSA) is 73.0 Å². The third-order valence-corrected chi connectivity index (χ3v) is 10.1. The Bertz CT molecular complexity index is 1030. The minimum Gasteiger partial charge on any atom is -0.343 e. The lowest BCUT2D eigenvalue weighted by atomic mass is 9.62. The summed E-state index contributed by atoms with van der Waals surface area (Å²) >= 11 is 0. The van der Waals surface area contributed by atoms with Gasteiger partial charge in [-0.2, -0.15) is 0 Å². The summed E-state index contributed by atoms with van der Waals surface area (Å²) in [4.78, 5) is 46.8. The number of likely N-dealkylation sites (N-methyl/N-ethyl adjacent to an activating group) is 2. The van der Waals surface area contributed by atoms with Crippen LogP contribution in [-0.4, -0.2) is 90.7 Å². The number of nitrogens with zero attached hydrogens (tertiary/aromatic N) is 3. The summed E-state index contributed by atoms with van der Waals surface area (Å²) in [5.41, 5.74) is 0.459. The molecule has 8 heteroatoms. The van der Waals surface area contributed by atoms with Gasteiger partial charge >= 0.3 is 0 Å². The summed E-state index contributed by atoms with van der Waals surface area (Å²) in [5, 5.41) is 3.11. The van der Waals surface area contributed by atoms with Gasteiger partial charge in [0.1, 0.15) is 23.7 Å². The van der Waals surface area contributed by atoms with Crippen LogP contribution in [0.2, 0.25) is 0 Å². The van der Waals surface area contributed by atoms with Gasteiger partial charge in [0.2, 0.25) is 11.8 Å². The Kier molecular flexibility index (Phi) is 10.0.